The highest BCUT2D eigenvalue weighted by Crippen LogP contribution is 2.18. The fraction of sp³-hybridized carbons (Fsp3) is 0.125. The lowest BCUT2D eigenvalue weighted by atomic mass is 10.2. The molecule has 1 rings (SSSR count). The molecule has 0 unspecified atom stereocenters. The lowest BCUT2D eigenvalue weighted by Gasteiger charge is -1.94. The molecule has 0 radical (unpaired) electrons. The maximum absolute atomic E-state index is 8.83. The molecule has 1 aromatic rings. The number of hydrogen-bond acceptors (Lipinski definition) is 3. The average Bonchev–Trinajstić information content (AvgIpc) is 2.28. The van der Waals surface area contributed by atoms with Gasteiger partial charge in [-0.3, -0.25) is 0 Å². The van der Waals surface area contributed by atoms with Crippen molar-refractivity contribution >= 4 is 0 Å². The fourth-order valence-corrected chi connectivity index (χ4v) is 1.18. The van der Waals surface area contributed by atoms with E-state index in [9.17, 15) is 0 Å². The van der Waals surface area contributed by atoms with Gasteiger partial charge in [0, 0.05) is 6.07 Å². The number of aromatic hydroxyl groups is 2. The lowest BCUT2D eigenvalue weighted by molar-refractivity contribution is 0.414. The summed E-state index contributed by atoms with van der Waals surface area (Å²) in [5.74, 6) is 0.487. The van der Waals surface area contributed by atoms with Gasteiger partial charge in [0.15, 0.2) is 0 Å². The third-order valence-electron chi connectivity index (χ3n) is 2.04. The van der Waals surface area contributed by atoms with Gasteiger partial charge in [-0.25, -0.2) is 0 Å². The van der Waals surface area contributed by atoms with E-state index in [0.29, 0.717) is 0 Å². The average molecular weight is 260 g/mol. The Balaban J connectivity index is 0.000000342. The Kier molecular flexibility index (Phi) is 7.54. The first-order valence-corrected chi connectivity index (χ1v) is 5.71. The normalized spacial score (nSPS) is 9.89. The van der Waals surface area contributed by atoms with Crippen molar-refractivity contribution in [1.29, 1.82) is 0 Å². The largest absolute Gasteiger partial charge is 0.513 e. The van der Waals surface area contributed by atoms with Crippen molar-refractivity contribution < 1.29 is 15.3 Å². The van der Waals surface area contributed by atoms with E-state index in [1.54, 1.807) is 50.3 Å². The second kappa shape index (κ2) is 8.64. The summed E-state index contributed by atoms with van der Waals surface area (Å²) >= 11 is 0. The van der Waals surface area contributed by atoms with Gasteiger partial charge in [-0.2, -0.15) is 0 Å². The highest BCUT2D eigenvalue weighted by Gasteiger charge is 1.91. The van der Waals surface area contributed by atoms with Gasteiger partial charge < -0.3 is 15.3 Å². The van der Waals surface area contributed by atoms with E-state index in [2.05, 4.69) is 13.2 Å². The van der Waals surface area contributed by atoms with E-state index in [0.717, 1.165) is 11.1 Å². The van der Waals surface area contributed by atoms with Gasteiger partial charge in [0.05, 0.1) is 5.76 Å². The third-order valence-corrected chi connectivity index (χ3v) is 2.04. The molecule has 102 valence electrons. The molecular weight excluding hydrogens is 240 g/mol. The molecule has 0 atom stereocenters. The van der Waals surface area contributed by atoms with Crippen molar-refractivity contribution in [3.63, 3.8) is 0 Å². The Bertz CT molecular complexity index is 432. The lowest BCUT2D eigenvalue weighted by Crippen LogP contribution is -1.70. The van der Waals surface area contributed by atoms with E-state index < -0.39 is 0 Å². The molecule has 0 fully saturated rings. The highest BCUT2D eigenvalue weighted by molar-refractivity contribution is 5.35. The Morgan fingerprint density at radius 2 is 1.47 bits per heavy atom. The van der Waals surface area contributed by atoms with Gasteiger partial charge in [0.25, 0.3) is 0 Å². The molecule has 0 bridgehead atoms. The molecule has 3 heteroatoms. The summed E-state index contributed by atoms with van der Waals surface area (Å²) in [4.78, 5) is 0. The van der Waals surface area contributed by atoms with E-state index >= 15 is 0 Å². The summed E-state index contributed by atoms with van der Waals surface area (Å²) in [6.07, 6.45) is 6.69. The number of aliphatic hydroxyl groups is 1. The third kappa shape index (κ3) is 8.32. The number of aryl methyl sites for hydroxylation is 1. The molecule has 0 saturated carbocycles. The molecule has 0 spiro atoms. The summed E-state index contributed by atoms with van der Waals surface area (Å²) in [6, 6.07) is 4.46. The van der Waals surface area contributed by atoms with E-state index in [1.165, 1.54) is 6.07 Å². The summed E-state index contributed by atoms with van der Waals surface area (Å²) in [6.45, 7) is 10.5. The minimum atomic E-state index is 0.104. The zero-order valence-corrected chi connectivity index (χ0v) is 11.3. The molecule has 0 heterocycles. The predicted molar refractivity (Wildman–Crippen MR) is 79.4 cm³/mol. The van der Waals surface area contributed by atoms with Crippen LogP contribution < -0.4 is 0 Å². The monoisotopic (exact) mass is 260 g/mol. The standard InChI is InChI=1S/C9H12O.C7H8O2/c1-4-9(5-2)7-6-8(3)10;1-5-2-6(8)4-7(9)3-5/h4-7,10H,1-2H2,3H3;2-4,8-9H,1H3/b8-6+;. The summed E-state index contributed by atoms with van der Waals surface area (Å²) < 4.78 is 0. The van der Waals surface area contributed by atoms with Crippen molar-refractivity contribution in [2.75, 3.05) is 0 Å². The second-order valence-electron chi connectivity index (χ2n) is 3.91. The van der Waals surface area contributed by atoms with Crippen LogP contribution in [0.15, 0.2) is 67.0 Å². The Morgan fingerprint density at radius 3 is 1.79 bits per heavy atom. The van der Waals surface area contributed by atoms with Crippen LogP contribution in [0.4, 0.5) is 0 Å². The minimum absolute atomic E-state index is 0.104. The molecule has 0 aromatic heterocycles. The minimum Gasteiger partial charge on any atom is -0.513 e. The number of hydrogen-bond donors (Lipinski definition) is 3. The van der Waals surface area contributed by atoms with Crippen LogP contribution in [0.5, 0.6) is 11.5 Å². The zero-order valence-electron chi connectivity index (χ0n) is 11.3. The van der Waals surface area contributed by atoms with Crippen molar-refractivity contribution in [2.24, 2.45) is 0 Å². The summed E-state index contributed by atoms with van der Waals surface area (Å²) in [5, 5.41) is 26.4. The van der Waals surface area contributed by atoms with Crippen molar-refractivity contribution in [3.8, 4) is 11.5 Å². The topological polar surface area (TPSA) is 60.7 Å². The Morgan fingerprint density at radius 1 is 1.00 bits per heavy atom. The fourth-order valence-electron chi connectivity index (χ4n) is 1.18. The van der Waals surface area contributed by atoms with Gasteiger partial charge in [0.2, 0.25) is 0 Å². The van der Waals surface area contributed by atoms with Crippen LogP contribution in [-0.4, -0.2) is 15.3 Å². The molecule has 0 amide bonds. The molecule has 0 saturated heterocycles. The predicted octanol–water partition coefficient (Wildman–Crippen LogP) is 4.15. The van der Waals surface area contributed by atoms with Crippen LogP contribution in [0, 0.1) is 6.92 Å². The molecule has 0 aliphatic carbocycles. The van der Waals surface area contributed by atoms with Crippen LogP contribution >= 0.6 is 0 Å². The molecule has 0 aliphatic rings. The van der Waals surface area contributed by atoms with Crippen molar-refractivity contribution in [3.05, 3.63) is 72.6 Å². The zero-order chi connectivity index (χ0) is 14.8. The van der Waals surface area contributed by atoms with Gasteiger partial charge in [-0.1, -0.05) is 31.4 Å². The SMILES string of the molecule is C=CC(C=C)=C/C=C(\C)O.Cc1cc(O)cc(O)c1. The Labute approximate surface area is 114 Å². The second-order valence-corrected chi connectivity index (χ2v) is 3.91. The van der Waals surface area contributed by atoms with Crippen LogP contribution in [-0.2, 0) is 0 Å². The van der Waals surface area contributed by atoms with Gasteiger partial charge in [-0.05, 0) is 43.2 Å². The van der Waals surface area contributed by atoms with E-state index in [1.807, 2.05) is 0 Å². The maximum atomic E-state index is 8.83. The number of phenols is 2. The molecule has 3 nitrogen and oxygen atoms in total. The molecule has 1 aromatic carbocycles. The number of rotatable bonds is 3. The first-order chi connectivity index (χ1) is 8.88. The highest BCUT2D eigenvalue weighted by atomic mass is 16.3. The number of aliphatic hydroxyl groups excluding tert-OH is 1. The number of phenolic OH excluding ortho intramolecular Hbond substituents is 2. The first-order valence-electron chi connectivity index (χ1n) is 5.71. The smallest absolute Gasteiger partial charge is 0.119 e. The van der Waals surface area contributed by atoms with E-state index in [-0.39, 0.29) is 17.3 Å². The Hall–Kier alpha value is -2.42. The van der Waals surface area contributed by atoms with Gasteiger partial charge in [0.1, 0.15) is 11.5 Å². The molecule has 0 aliphatic heterocycles. The van der Waals surface area contributed by atoms with Crippen LogP contribution in [0.25, 0.3) is 0 Å². The quantitative estimate of drug-likeness (QED) is 0.565. The van der Waals surface area contributed by atoms with Crippen molar-refractivity contribution in [1.82, 2.24) is 0 Å². The van der Waals surface area contributed by atoms with Crippen LogP contribution in [0.2, 0.25) is 0 Å². The van der Waals surface area contributed by atoms with E-state index in [4.69, 9.17) is 15.3 Å². The summed E-state index contributed by atoms with van der Waals surface area (Å²) in [5.41, 5.74) is 1.75. The first kappa shape index (κ1) is 16.6. The molecular formula is C16H20O3. The van der Waals surface area contributed by atoms with Gasteiger partial charge >= 0.3 is 0 Å². The number of benzene rings is 1. The molecule has 19 heavy (non-hydrogen) atoms. The van der Waals surface area contributed by atoms with Crippen LogP contribution in [0.1, 0.15) is 12.5 Å². The number of allylic oxidation sites excluding steroid dienone is 6. The molecule has 3 N–H and O–H groups in total. The van der Waals surface area contributed by atoms with Crippen LogP contribution in [0.3, 0.4) is 0 Å². The maximum Gasteiger partial charge on any atom is 0.119 e. The summed E-state index contributed by atoms with van der Waals surface area (Å²) in [7, 11) is 0. The van der Waals surface area contributed by atoms with Gasteiger partial charge in [-0.15, -0.1) is 0 Å². The van der Waals surface area contributed by atoms with Crippen molar-refractivity contribution in [2.45, 2.75) is 13.8 Å².